The Labute approximate surface area is 138 Å². The molecule has 0 aliphatic heterocycles. The summed E-state index contributed by atoms with van der Waals surface area (Å²) in [5, 5.41) is 4.45. The lowest BCUT2D eigenvalue weighted by Crippen LogP contribution is -2.33. The van der Waals surface area contributed by atoms with Crippen LogP contribution in [0.15, 0.2) is 24.3 Å². The summed E-state index contributed by atoms with van der Waals surface area (Å²) in [6.45, 7) is 6.01. The summed E-state index contributed by atoms with van der Waals surface area (Å²) < 4.78 is 1.86. The molecule has 4 heteroatoms. The predicted octanol–water partition coefficient (Wildman–Crippen LogP) is 3.29. The minimum absolute atomic E-state index is 0.165. The largest absolute Gasteiger partial charge is 0.338 e. The molecule has 3 rings (SSSR count). The van der Waals surface area contributed by atoms with Crippen molar-refractivity contribution in [3.8, 4) is 0 Å². The van der Waals surface area contributed by atoms with Gasteiger partial charge in [0, 0.05) is 25.4 Å². The first-order valence-corrected chi connectivity index (χ1v) is 8.26. The first-order chi connectivity index (χ1) is 10.9. The Hall–Kier alpha value is -2.10. The molecule has 122 valence electrons. The van der Waals surface area contributed by atoms with E-state index >= 15 is 0 Å². The third-order valence-corrected chi connectivity index (χ3v) is 5.28. The second-order valence-electron chi connectivity index (χ2n) is 6.63. The van der Waals surface area contributed by atoms with Crippen LogP contribution in [0.3, 0.4) is 0 Å². The summed E-state index contributed by atoms with van der Waals surface area (Å²) in [5.41, 5.74) is 5.76. The van der Waals surface area contributed by atoms with Gasteiger partial charge in [0.1, 0.15) is 0 Å². The highest BCUT2D eigenvalue weighted by molar-refractivity contribution is 5.84. The van der Waals surface area contributed by atoms with Gasteiger partial charge in [0.05, 0.1) is 17.7 Å². The zero-order chi connectivity index (χ0) is 16.7. The first kappa shape index (κ1) is 15.8. The molecule has 0 bridgehead atoms. The third-order valence-electron chi connectivity index (χ3n) is 5.28. The molecule has 1 heterocycles. The van der Waals surface area contributed by atoms with Crippen molar-refractivity contribution in [3.63, 3.8) is 0 Å². The van der Waals surface area contributed by atoms with Crippen molar-refractivity contribution in [2.24, 2.45) is 7.05 Å². The summed E-state index contributed by atoms with van der Waals surface area (Å²) in [6.07, 6.45) is 2.07. The molecule has 1 aromatic heterocycles. The number of likely N-dealkylation sites (N-methyl/N-ethyl adjacent to an activating group) is 1. The molecule has 2 atom stereocenters. The number of nitrogens with zero attached hydrogens (tertiary/aromatic N) is 3. The Morgan fingerprint density at radius 2 is 2.04 bits per heavy atom. The zero-order valence-electron chi connectivity index (χ0n) is 14.6. The van der Waals surface area contributed by atoms with Gasteiger partial charge >= 0.3 is 0 Å². The van der Waals surface area contributed by atoms with Gasteiger partial charge < -0.3 is 4.90 Å². The highest BCUT2D eigenvalue weighted by atomic mass is 16.2. The minimum atomic E-state index is -0.165. The molecule has 1 aliphatic carbocycles. The highest BCUT2D eigenvalue weighted by Gasteiger charge is 2.32. The lowest BCUT2D eigenvalue weighted by Gasteiger charge is -2.28. The van der Waals surface area contributed by atoms with Crippen LogP contribution in [0.5, 0.6) is 0 Å². The molecule has 0 saturated carbocycles. The first-order valence-electron chi connectivity index (χ1n) is 8.26. The number of carbonyl (C=O) groups is 1. The third kappa shape index (κ3) is 2.56. The zero-order valence-corrected chi connectivity index (χ0v) is 14.6. The summed E-state index contributed by atoms with van der Waals surface area (Å²) in [4.78, 5) is 15.0. The lowest BCUT2D eigenvalue weighted by molar-refractivity contribution is -0.133. The number of aromatic nitrogens is 2. The number of amides is 1. The smallest absolute Gasteiger partial charge is 0.230 e. The fourth-order valence-corrected chi connectivity index (χ4v) is 3.94. The molecule has 0 unspecified atom stereocenters. The Balaban J connectivity index is 1.86. The van der Waals surface area contributed by atoms with Crippen LogP contribution in [0, 0.1) is 13.8 Å². The molecule has 0 spiro atoms. The SMILES string of the molecule is Cc1nn(C)c(C)c1[C@H](C)C(=O)N(C)[C@@H]1CCc2ccccc21. The van der Waals surface area contributed by atoms with Crippen molar-refractivity contribution in [2.75, 3.05) is 7.05 Å². The fraction of sp³-hybridized carbons (Fsp3) is 0.474. The topological polar surface area (TPSA) is 38.1 Å². The molecule has 2 aromatic rings. The molecule has 1 aliphatic rings. The Kier molecular flexibility index (Phi) is 4.00. The van der Waals surface area contributed by atoms with Gasteiger partial charge in [0.15, 0.2) is 0 Å². The summed E-state index contributed by atoms with van der Waals surface area (Å²) in [6, 6.07) is 8.66. The van der Waals surface area contributed by atoms with E-state index < -0.39 is 0 Å². The van der Waals surface area contributed by atoms with Crippen LogP contribution >= 0.6 is 0 Å². The van der Waals surface area contributed by atoms with E-state index in [0.29, 0.717) is 0 Å². The average molecular weight is 311 g/mol. The van der Waals surface area contributed by atoms with E-state index in [-0.39, 0.29) is 17.9 Å². The maximum absolute atomic E-state index is 13.0. The van der Waals surface area contributed by atoms with Crippen molar-refractivity contribution in [1.29, 1.82) is 0 Å². The molecular weight excluding hydrogens is 286 g/mol. The van der Waals surface area contributed by atoms with Crippen molar-refractivity contribution < 1.29 is 4.79 Å². The van der Waals surface area contributed by atoms with Gasteiger partial charge in [-0.25, -0.2) is 0 Å². The second kappa shape index (κ2) is 5.84. The molecule has 0 fully saturated rings. The van der Waals surface area contributed by atoms with Crippen LogP contribution in [0.25, 0.3) is 0 Å². The molecule has 0 radical (unpaired) electrons. The van der Waals surface area contributed by atoms with Gasteiger partial charge in [-0.1, -0.05) is 24.3 Å². The average Bonchev–Trinajstić information content (AvgIpc) is 3.07. The van der Waals surface area contributed by atoms with Gasteiger partial charge in [0.2, 0.25) is 5.91 Å². The Bertz CT molecular complexity index is 747. The van der Waals surface area contributed by atoms with E-state index in [1.165, 1.54) is 11.1 Å². The van der Waals surface area contributed by atoms with Gasteiger partial charge in [-0.3, -0.25) is 9.48 Å². The molecule has 0 N–H and O–H groups in total. The number of rotatable bonds is 3. The number of hydrogen-bond acceptors (Lipinski definition) is 2. The molecule has 23 heavy (non-hydrogen) atoms. The van der Waals surface area contributed by atoms with E-state index in [1.807, 2.05) is 44.4 Å². The van der Waals surface area contributed by atoms with Crippen molar-refractivity contribution in [2.45, 2.75) is 45.6 Å². The standard InChI is InChI=1S/C19H25N3O/c1-12(18-13(2)20-22(5)14(18)3)19(23)21(4)17-11-10-15-8-6-7-9-16(15)17/h6-9,12,17H,10-11H2,1-5H3/t12-,17+/m0/s1. The van der Waals surface area contributed by atoms with Crippen LogP contribution in [0.1, 0.15) is 53.4 Å². The maximum Gasteiger partial charge on any atom is 0.230 e. The van der Waals surface area contributed by atoms with Gasteiger partial charge in [-0.2, -0.15) is 5.10 Å². The summed E-state index contributed by atoms with van der Waals surface area (Å²) in [7, 11) is 3.87. The van der Waals surface area contributed by atoms with E-state index in [4.69, 9.17) is 0 Å². The monoisotopic (exact) mass is 311 g/mol. The quantitative estimate of drug-likeness (QED) is 0.872. The van der Waals surface area contributed by atoms with E-state index in [9.17, 15) is 4.79 Å². The van der Waals surface area contributed by atoms with E-state index in [0.717, 1.165) is 29.8 Å². The molecule has 1 aromatic carbocycles. The Morgan fingerprint density at radius 1 is 1.35 bits per heavy atom. The minimum Gasteiger partial charge on any atom is -0.338 e. The van der Waals surface area contributed by atoms with E-state index in [2.05, 4.69) is 29.4 Å². The second-order valence-corrected chi connectivity index (χ2v) is 6.63. The molecule has 0 saturated heterocycles. The Morgan fingerprint density at radius 3 is 2.70 bits per heavy atom. The van der Waals surface area contributed by atoms with Crippen LogP contribution in [0.2, 0.25) is 0 Å². The van der Waals surface area contributed by atoms with Crippen molar-refractivity contribution in [1.82, 2.24) is 14.7 Å². The normalized spacial score (nSPS) is 17.9. The number of carbonyl (C=O) groups excluding carboxylic acids is 1. The van der Waals surface area contributed by atoms with Gasteiger partial charge in [-0.05, 0) is 44.7 Å². The van der Waals surface area contributed by atoms with Crippen molar-refractivity contribution in [3.05, 3.63) is 52.3 Å². The van der Waals surface area contributed by atoms with Crippen LogP contribution in [0.4, 0.5) is 0 Å². The van der Waals surface area contributed by atoms with Gasteiger partial charge in [0.25, 0.3) is 0 Å². The predicted molar refractivity (Wildman–Crippen MR) is 91.4 cm³/mol. The van der Waals surface area contributed by atoms with Gasteiger partial charge in [-0.15, -0.1) is 0 Å². The van der Waals surface area contributed by atoms with E-state index in [1.54, 1.807) is 0 Å². The van der Waals surface area contributed by atoms with Crippen LogP contribution < -0.4 is 0 Å². The number of fused-ring (bicyclic) bond motifs is 1. The number of aryl methyl sites for hydroxylation is 3. The number of benzene rings is 1. The highest BCUT2D eigenvalue weighted by Crippen LogP contribution is 2.36. The number of hydrogen-bond donors (Lipinski definition) is 0. The van der Waals surface area contributed by atoms with Crippen LogP contribution in [-0.2, 0) is 18.3 Å². The van der Waals surface area contributed by atoms with Crippen LogP contribution in [-0.4, -0.2) is 27.6 Å². The van der Waals surface area contributed by atoms with Crippen molar-refractivity contribution >= 4 is 5.91 Å². The maximum atomic E-state index is 13.0. The molecular formula is C19H25N3O. The lowest BCUT2D eigenvalue weighted by atomic mass is 9.96. The fourth-order valence-electron chi connectivity index (χ4n) is 3.94. The summed E-state index contributed by atoms with van der Waals surface area (Å²) in [5.74, 6) is 0.00682. The molecule has 4 nitrogen and oxygen atoms in total. The molecule has 1 amide bonds. The summed E-state index contributed by atoms with van der Waals surface area (Å²) >= 11 is 0.